The molecule has 0 aliphatic carbocycles. The first kappa shape index (κ1) is 11.0. The zero-order chi connectivity index (χ0) is 12.0. The molecule has 0 bridgehead atoms. The van der Waals surface area contributed by atoms with Gasteiger partial charge in [-0.25, -0.2) is 0 Å². The van der Waals surface area contributed by atoms with Crippen molar-refractivity contribution < 1.29 is 4.92 Å². The van der Waals surface area contributed by atoms with Crippen LogP contribution in [0.4, 0.5) is 5.69 Å². The molecule has 1 fully saturated rings. The van der Waals surface area contributed by atoms with Crippen LogP contribution >= 0.6 is 24.0 Å². The quantitative estimate of drug-likeness (QED) is 0.443. The zero-order valence-electron chi connectivity index (χ0n) is 8.96. The molecule has 2 aliphatic heterocycles. The molecule has 0 N–H and O–H groups in total. The molecule has 0 amide bonds. The number of nitro benzene ring substituents is 1. The highest BCUT2D eigenvalue weighted by Gasteiger charge is 2.33. The molecule has 0 aromatic heterocycles. The van der Waals surface area contributed by atoms with E-state index in [1.165, 1.54) is 0 Å². The molecular weight excluding hydrogens is 256 g/mol. The predicted octanol–water partition coefficient (Wildman–Crippen LogP) is 2.35. The van der Waals surface area contributed by atoms with E-state index in [1.54, 1.807) is 23.9 Å². The molecule has 0 radical (unpaired) electrons. The van der Waals surface area contributed by atoms with Gasteiger partial charge in [0.1, 0.15) is 4.32 Å². The maximum absolute atomic E-state index is 10.7. The fraction of sp³-hybridized carbons (Fsp3) is 0.364. The van der Waals surface area contributed by atoms with Crippen LogP contribution in [0.15, 0.2) is 18.2 Å². The summed E-state index contributed by atoms with van der Waals surface area (Å²) in [4.78, 5) is 12.6. The molecule has 0 saturated carbocycles. The van der Waals surface area contributed by atoms with Crippen LogP contribution in [0.1, 0.15) is 11.1 Å². The van der Waals surface area contributed by atoms with Crippen molar-refractivity contribution in [2.45, 2.75) is 19.0 Å². The van der Waals surface area contributed by atoms with Gasteiger partial charge in [0.25, 0.3) is 5.69 Å². The Balaban J connectivity index is 1.97. The summed E-state index contributed by atoms with van der Waals surface area (Å²) < 4.78 is 0.957. The Morgan fingerprint density at radius 1 is 1.47 bits per heavy atom. The summed E-state index contributed by atoms with van der Waals surface area (Å²) in [6.45, 7) is 0.795. The summed E-state index contributed by atoms with van der Waals surface area (Å²) in [5.74, 6) is 1.00. The number of thioether (sulfide) groups is 1. The second-order valence-electron chi connectivity index (χ2n) is 4.27. The lowest BCUT2D eigenvalue weighted by atomic mass is 9.95. The molecule has 2 aliphatic rings. The third-order valence-corrected chi connectivity index (χ3v) is 4.89. The number of nitro groups is 1. The van der Waals surface area contributed by atoms with Gasteiger partial charge in [-0.1, -0.05) is 30.0 Å². The van der Waals surface area contributed by atoms with E-state index in [9.17, 15) is 10.1 Å². The summed E-state index contributed by atoms with van der Waals surface area (Å²) in [7, 11) is 0. The van der Waals surface area contributed by atoms with Gasteiger partial charge < -0.3 is 4.90 Å². The van der Waals surface area contributed by atoms with Gasteiger partial charge in [-0.3, -0.25) is 10.1 Å². The Bertz CT molecular complexity index is 518. The molecule has 88 valence electrons. The Morgan fingerprint density at radius 2 is 2.29 bits per heavy atom. The van der Waals surface area contributed by atoms with Crippen molar-refractivity contribution in [3.63, 3.8) is 0 Å². The van der Waals surface area contributed by atoms with Crippen LogP contribution in [0.2, 0.25) is 0 Å². The van der Waals surface area contributed by atoms with Crippen LogP contribution < -0.4 is 0 Å². The topological polar surface area (TPSA) is 46.4 Å². The molecule has 6 heteroatoms. The maximum Gasteiger partial charge on any atom is 0.269 e. The minimum Gasteiger partial charge on any atom is -0.349 e. The van der Waals surface area contributed by atoms with Crippen LogP contribution in [0.25, 0.3) is 0 Å². The van der Waals surface area contributed by atoms with Crippen LogP contribution in [0, 0.1) is 10.1 Å². The fourth-order valence-electron chi connectivity index (χ4n) is 2.36. The van der Waals surface area contributed by atoms with Crippen LogP contribution in [-0.4, -0.2) is 25.9 Å². The molecule has 2 heterocycles. The molecule has 3 rings (SSSR count). The highest BCUT2D eigenvalue weighted by molar-refractivity contribution is 8.23. The van der Waals surface area contributed by atoms with E-state index in [0.29, 0.717) is 6.04 Å². The number of hydrogen-bond acceptors (Lipinski definition) is 4. The van der Waals surface area contributed by atoms with Gasteiger partial charge >= 0.3 is 0 Å². The first-order valence-electron chi connectivity index (χ1n) is 5.35. The normalized spacial score (nSPS) is 22.2. The van der Waals surface area contributed by atoms with E-state index in [0.717, 1.165) is 34.2 Å². The van der Waals surface area contributed by atoms with Crippen molar-refractivity contribution >= 4 is 34.0 Å². The molecule has 17 heavy (non-hydrogen) atoms. The number of hydrogen-bond donors (Lipinski definition) is 0. The predicted molar refractivity (Wildman–Crippen MR) is 71.2 cm³/mol. The third kappa shape index (κ3) is 1.81. The fourth-order valence-corrected chi connectivity index (χ4v) is 3.79. The van der Waals surface area contributed by atoms with E-state index in [1.807, 2.05) is 6.07 Å². The Labute approximate surface area is 108 Å². The van der Waals surface area contributed by atoms with Gasteiger partial charge in [0.2, 0.25) is 0 Å². The minimum absolute atomic E-state index is 0.186. The summed E-state index contributed by atoms with van der Waals surface area (Å²) in [5, 5.41) is 10.7. The molecule has 0 spiro atoms. The molecule has 1 aromatic carbocycles. The molecule has 1 atom stereocenters. The summed E-state index contributed by atoms with van der Waals surface area (Å²) >= 11 is 7.00. The van der Waals surface area contributed by atoms with E-state index in [4.69, 9.17) is 12.2 Å². The van der Waals surface area contributed by atoms with Crippen molar-refractivity contribution in [1.29, 1.82) is 0 Å². The Hall–Kier alpha value is -1.14. The van der Waals surface area contributed by atoms with Crippen molar-refractivity contribution in [2.24, 2.45) is 0 Å². The highest BCUT2D eigenvalue weighted by Crippen LogP contribution is 2.34. The number of non-ortho nitro benzene ring substituents is 1. The average Bonchev–Trinajstić information content (AvgIpc) is 2.67. The number of benzene rings is 1. The summed E-state index contributed by atoms with van der Waals surface area (Å²) in [6.07, 6.45) is 0.865. The summed E-state index contributed by atoms with van der Waals surface area (Å²) in [6, 6.07) is 5.56. The van der Waals surface area contributed by atoms with Gasteiger partial charge in [0, 0.05) is 30.5 Å². The largest absolute Gasteiger partial charge is 0.349 e. The van der Waals surface area contributed by atoms with Gasteiger partial charge in [-0.05, 0) is 17.5 Å². The molecule has 0 unspecified atom stereocenters. The number of nitrogens with zero attached hydrogens (tertiary/aromatic N) is 2. The molecule has 1 saturated heterocycles. The van der Waals surface area contributed by atoms with Crippen molar-refractivity contribution in [3.8, 4) is 0 Å². The lowest BCUT2D eigenvalue weighted by Gasteiger charge is -2.31. The second kappa shape index (κ2) is 3.96. The number of fused-ring (bicyclic) bond motifs is 2. The van der Waals surface area contributed by atoms with Gasteiger partial charge in [-0.2, -0.15) is 0 Å². The van der Waals surface area contributed by atoms with Crippen molar-refractivity contribution in [3.05, 3.63) is 39.4 Å². The number of rotatable bonds is 1. The molecule has 4 nitrogen and oxygen atoms in total. The maximum atomic E-state index is 10.7. The van der Waals surface area contributed by atoms with Crippen LogP contribution in [0.3, 0.4) is 0 Å². The van der Waals surface area contributed by atoms with E-state index in [2.05, 4.69) is 4.90 Å². The first-order chi connectivity index (χ1) is 8.15. The lowest BCUT2D eigenvalue weighted by Crippen LogP contribution is -2.38. The first-order valence-corrected chi connectivity index (χ1v) is 6.74. The molecular formula is C11H10N2O2S2. The summed E-state index contributed by atoms with van der Waals surface area (Å²) in [5.41, 5.74) is 2.45. The van der Waals surface area contributed by atoms with E-state index >= 15 is 0 Å². The van der Waals surface area contributed by atoms with Gasteiger partial charge in [-0.15, -0.1) is 0 Å². The third-order valence-electron chi connectivity index (χ3n) is 3.27. The van der Waals surface area contributed by atoms with Crippen LogP contribution in [0.5, 0.6) is 0 Å². The van der Waals surface area contributed by atoms with Crippen LogP contribution in [-0.2, 0) is 13.0 Å². The Kier molecular flexibility index (Phi) is 2.56. The zero-order valence-corrected chi connectivity index (χ0v) is 10.6. The standard InChI is InChI=1S/C11H10N2O2S2/c14-13(15)9-2-1-7-5-12-10(4-8(7)3-9)6-17-11(12)16/h1-3,10H,4-6H2/t10-/m0/s1. The minimum atomic E-state index is -0.333. The van der Waals surface area contributed by atoms with Gasteiger partial charge in [0.05, 0.1) is 4.92 Å². The number of thiocarbonyl (C=S) groups is 1. The Morgan fingerprint density at radius 3 is 3.06 bits per heavy atom. The highest BCUT2D eigenvalue weighted by atomic mass is 32.2. The second-order valence-corrected chi connectivity index (χ2v) is 5.93. The smallest absolute Gasteiger partial charge is 0.269 e. The van der Waals surface area contributed by atoms with Gasteiger partial charge in [0.15, 0.2) is 0 Å². The van der Waals surface area contributed by atoms with Crippen molar-refractivity contribution in [1.82, 2.24) is 4.90 Å². The monoisotopic (exact) mass is 266 g/mol. The molecule has 1 aromatic rings. The van der Waals surface area contributed by atoms with E-state index < -0.39 is 0 Å². The average molecular weight is 266 g/mol. The van der Waals surface area contributed by atoms with E-state index in [-0.39, 0.29) is 10.6 Å². The van der Waals surface area contributed by atoms with Crippen molar-refractivity contribution in [2.75, 3.05) is 5.75 Å². The SMILES string of the molecule is O=[N+]([O-])c1ccc2c(c1)C[C@H]1CSC(=S)N1C2. The lowest BCUT2D eigenvalue weighted by molar-refractivity contribution is -0.384.